The van der Waals surface area contributed by atoms with Crippen molar-refractivity contribution < 1.29 is 9.53 Å². The molecule has 0 aliphatic carbocycles. The molecule has 0 saturated heterocycles. The second-order valence-electron chi connectivity index (χ2n) is 3.23. The van der Waals surface area contributed by atoms with Gasteiger partial charge in [-0.3, -0.25) is 0 Å². The Labute approximate surface area is 98.4 Å². The third-order valence-corrected chi connectivity index (χ3v) is 2.15. The summed E-state index contributed by atoms with van der Waals surface area (Å²) in [5.41, 5.74) is 0.980. The van der Waals surface area contributed by atoms with Crippen LogP contribution in [-0.4, -0.2) is 27.8 Å². The fraction of sp³-hybridized carbons (Fsp3) is 0.0833. The van der Waals surface area contributed by atoms with E-state index in [0.29, 0.717) is 11.3 Å². The molecule has 0 bridgehead atoms. The lowest BCUT2D eigenvalue weighted by Gasteiger charge is -2.01. The van der Waals surface area contributed by atoms with Gasteiger partial charge < -0.3 is 4.74 Å². The predicted octanol–water partition coefficient (Wildman–Crippen LogP) is 1.69. The Kier molecular flexibility index (Phi) is 3.30. The van der Waals surface area contributed by atoms with E-state index in [2.05, 4.69) is 14.8 Å². The smallest absolute Gasteiger partial charge is 0.357 e. The highest BCUT2D eigenvalue weighted by Gasteiger charge is 2.10. The number of ether oxygens (including phenoxy) is 1. The van der Waals surface area contributed by atoms with Crippen LogP contribution in [0.2, 0.25) is 0 Å². The molecule has 5 nitrogen and oxygen atoms in total. The molecule has 2 heterocycles. The van der Waals surface area contributed by atoms with Crippen LogP contribution in [0.1, 0.15) is 16.1 Å². The van der Waals surface area contributed by atoms with Gasteiger partial charge in [0.05, 0.1) is 7.11 Å². The number of rotatable bonds is 3. The summed E-state index contributed by atoms with van der Waals surface area (Å²) < 4.78 is 6.29. The lowest BCUT2D eigenvalue weighted by molar-refractivity contribution is 0.0594. The zero-order valence-electron chi connectivity index (χ0n) is 9.28. The number of aromatic nitrogens is 3. The van der Waals surface area contributed by atoms with E-state index in [4.69, 9.17) is 0 Å². The normalized spacial score (nSPS) is 10.6. The topological polar surface area (TPSA) is 57.0 Å². The largest absolute Gasteiger partial charge is 0.464 e. The molecule has 2 aromatic heterocycles. The number of hydrogen-bond donors (Lipinski definition) is 0. The van der Waals surface area contributed by atoms with E-state index in [-0.39, 0.29) is 0 Å². The van der Waals surface area contributed by atoms with E-state index in [1.165, 1.54) is 7.11 Å². The summed E-state index contributed by atoms with van der Waals surface area (Å²) in [7, 11) is 1.33. The fourth-order valence-corrected chi connectivity index (χ4v) is 1.34. The molecule has 0 aliphatic rings. The number of hydrogen-bond acceptors (Lipinski definition) is 4. The van der Waals surface area contributed by atoms with Gasteiger partial charge in [0.25, 0.3) is 0 Å². The zero-order valence-corrected chi connectivity index (χ0v) is 9.28. The van der Waals surface area contributed by atoms with Crippen LogP contribution in [0.5, 0.6) is 0 Å². The third-order valence-electron chi connectivity index (χ3n) is 2.15. The molecule has 5 heteroatoms. The standard InChI is InChI=1S/C12H11N3O2/c1-17-12(16)11-10(4-2-6-13-11)5-9-15-8-3-7-14-15/h2-9H,1H3/b9-5-. The molecule has 0 aromatic carbocycles. The van der Waals surface area contributed by atoms with Crippen molar-refractivity contribution in [2.45, 2.75) is 0 Å². The first kappa shape index (κ1) is 11.1. The van der Waals surface area contributed by atoms with Gasteiger partial charge in [-0.2, -0.15) is 5.10 Å². The van der Waals surface area contributed by atoms with Gasteiger partial charge in [-0.25, -0.2) is 14.5 Å². The first-order valence-electron chi connectivity index (χ1n) is 5.02. The van der Waals surface area contributed by atoms with Crippen LogP contribution in [0.3, 0.4) is 0 Å². The maximum Gasteiger partial charge on any atom is 0.357 e. The van der Waals surface area contributed by atoms with Crippen LogP contribution < -0.4 is 0 Å². The Morgan fingerprint density at radius 1 is 1.41 bits per heavy atom. The van der Waals surface area contributed by atoms with Crippen LogP contribution in [0.15, 0.2) is 36.8 Å². The first-order valence-corrected chi connectivity index (χ1v) is 5.02. The minimum absolute atomic E-state index is 0.290. The van der Waals surface area contributed by atoms with E-state index in [1.807, 2.05) is 6.07 Å². The Balaban J connectivity index is 2.29. The van der Waals surface area contributed by atoms with Crippen LogP contribution in [0.4, 0.5) is 0 Å². The molecule has 2 aromatic rings. The molecular formula is C12H11N3O2. The van der Waals surface area contributed by atoms with Crippen molar-refractivity contribution in [1.29, 1.82) is 0 Å². The highest BCUT2D eigenvalue weighted by Crippen LogP contribution is 2.09. The summed E-state index contributed by atoms with van der Waals surface area (Å²) in [5.74, 6) is -0.453. The Morgan fingerprint density at radius 2 is 2.29 bits per heavy atom. The average Bonchev–Trinajstić information content (AvgIpc) is 2.89. The minimum Gasteiger partial charge on any atom is -0.464 e. The third kappa shape index (κ3) is 2.57. The summed E-state index contributed by atoms with van der Waals surface area (Å²) in [6.07, 6.45) is 8.52. The summed E-state index contributed by atoms with van der Waals surface area (Å²) in [6.45, 7) is 0. The van der Waals surface area contributed by atoms with E-state index >= 15 is 0 Å². The van der Waals surface area contributed by atoms with Gasteiger partial charge in [0.2, 0.25) is 0 Å². The van der Waals surface area contributed by atoms with Crippen molar-refractivity contribution >= 4 is 18.2 Å². The molecule has 86 valence electrons. The van der Waals surface area contributed by atoms with Crippen molar-refractivity contribution in [2.24, 2.45) is 0 Å². The van der Waals surface area contributed by atoms with Gasteiger partial charge in [-0.15, -0.1) is 0 Å². The van der Waals surface area contributed by atoms with E-state index in [0.717, 1.165) is 0 Å². The molecule has 0 spiro atoms. The Bertz CT molecular complexity index is 532. The van der Waals surface area contributed by atoms with Crippen LogP contribution in [-0.2, 0) is 4.74 Å². The van der Waals surface area contributed by atoms with E-state index < -0.39 is 5.97 Å². The first-order chi connectivity index (χ1) is 8.31. The molecule has 0 aliphatic heterocycles. The minimum atomic E-state index is -0.453. The maximum absolute atomic E-state index is 11.5. The van der Waals surface area contributed by atoms with Crippen molar-refractivity contribution in [2.75, 3.05) is 7.11 Å². The highest BCUT2D eigenvalue weighted by atomic mass is 16.5. The number of esters is 1. The molecule has 0 fully saturated rings. The molecule has 2 rings (SSSR count). The van der Waals surface area contributed by atoms with Crippen molar-refractivity contribution in [3.8, 4) is 0 Å². The molecule has 17 heavy (non-hydrogen) atoms. The van der Waals surface area contributed by atoms with Crippen LogP contribution >= 0.6 is 0 Å². The van der Waals surface area contributed by atoms with Gasteiger partial charge >= 0.3 is 5.97 Å². The van der Waals surface area contributed by atoms with Gasteiger partial charge in [-0.05, 0) is 18.2 Å². The highest BCUT2D eigenvalue weighted by molar-refractivity contribution is 5.92. The fourth-order valence-electron chi connectivity index (χ4n) is 1.34. The summed E-state index contributed by atoms with van der Waals surface area (Å²) in [6, 6.07) is 5.36. The van der Waals surface area contributed by atoms with E-state index in [9.17, 15) is 4.79 Å². The van der Waals surface area contributed by atoms with E-state index in [1.54, 1.807) is 47.7 Å². The molecule has 0 atom stereocenters. The van der Waals surface area contributed by atoms with Gasteiger partial charge in [-0.1, -0.05) is 6.07 Å². The van der Waals surface area contributed by atoms with Crippen molar-refractivity contribution in [1.82, 2.24) is 14.8 Å². The average molecular weight is 229 g/mol. The number of carbonyl (C=O) groups excluding carboxylic acids is 1. The van der Waals surface area contributed by atoms with Gasteiger partial charge in [0.1, 0.15) is 0 Å². The second kappa shape index (κ2) is 5.07. The number of nitrogens with zero attached hydrogens (tertiary/aromatic N) is 3. The predicted molar refractivity (Wildman–Crippen MR) is 63.0 cm³/mol. The molecule has 0 amide bonds. The monoisotopic (exact) mass is 229 g/mol. The van der Waals surface area contributed by atoms with Gasteiger partial charge in [0.15, 0.2) is 5.69 Å². The SMILES string of the molecule is COC(=O)c1ncccc1/C=C\n1cccn1. The second-order valence-corrected chi connectivity index (χ2v) is 3.23. The summed E-state index contributed by atoms with van der Waals surface area (Å²) in [5, 5.41) is 4.02. The Morgan fingerprint density at radius 3 is 3.00 bits per heavy atom. The summed E-state index contributed by atoms with van der Waals surface area (Å²) in [4.78, 5) is 15.4. The van der Waals surface area contributed by atoms with Crippen LogP contribution in [0.25, 0.3) is 12.3 Å². The summed E-state index contributed by atoms with van der Waals surface area (Å²) >= 11 is 0. The van der Waals surface area contributed by atoms with Gasteiger partial charge in [0, 0.05) is 30.4 Å². The molecule has 0 unspecified atom stereocenters. The molecule has 0 saturated carbocycles. The molecular weight excluding hydrogens is 218 g/mol. The van der Waals surface area contributed by atoms with Crippen LogP contribution in [0, 0.1) is 0 Å². The lowest BCUT2D eigenvalue weighted by atomic mass is 10.2. The molecule has 0 N–H and O–H groups in total. The number of pyridine rings is 1. The number of carbonyl (C=O) groups is 1. The quantitative estimate of drug-likeness (QED) is 0.751. The van der Waals surface area contributed by atoms with Crippen molar-refractivity contribution in [3.05, 3.63) is 48.0 Å². The van der Waals surface area contributed by atoms with Crippen molar-refractivity contribution in [3.63, 3.8) is 0 Å². The zero-order chi connectivity index (χ0) is 12.1. The Hall–Kier alpha value is -2.43. The lowest BCUT2D eigenvalue weighted by Crippen LogP contribution is -2.06. The molecule has 0 radical (unpaired) electrons. The number of methoxy groups -OCH3 is 1. The maximum atomic E-state index is 11.5.